The zero-order valence-electron chi connectivity index (χ0n) is 19.8. The van der Waals surface area contributed by atoms with Crippen LogP contribution in [0.2, 0.25) is 0 Å². The quantitative estimate of drug-likeness (QED) is 0.275. The number of likely N-dealkylation sites (tertiary alicyclic amines) is 1. The molecule has 2 aromatic carbocycles. The number of carbonyl (C=O) groups excluding carboxylic acids is 1. The zero-order valence-corrected chi connectivity index (χ0v) is 19.8. The van der Waals surface area contributed by atoms with Crippen molar-refractivity contribution in [3.63, 3.8) is 0 Å². The molecule has 0 radical (unpaired) electrons. The molecule has 5 rings (SSSR count). The summed E-state index contributed by atoms with van der Waals surface area (Å²) in [6, 6.07) is 18.2. The lowest BCUT2D eigenvalue weighted by Crippen LogP contribution is -2.31. The molecule has 0 spiro atoms. The van der Waals surface area contributed by atoms with Crippen LogP contribution < -0.4 is 5.32 Å². The largest absolute Gasteiger partial charge is 0.465 e. The molecule has 0 aliphatic carbocycles. The zero-order chi connectivity index (χ0) is 23.3. The van der Waals surface area contributed by atoms with E-state index in [-0.39, 0.29) is 5.97 Å². The van der Waals surface area contributed by atoms with Crippen LogP contribution in [0.3, 0.4) is 0 Å². The maximum atomic E-state index is 12.0. The van der Waals surface area contributed by atoms with Crippen LogP contribution in [0.25, 0.3) is 21.9 Å². The average molecular weight is 457 g/mol. The highest BCUT2D eigenvalue weighted by Crippen LogP contribution is 2.32. The van der Waals surface area contributed by atoms with Gasteiger partial charge in [-0.1, -0.05) is 42.8 Å². The van der Waals surface area contributed by atoms with E-state index < -0.39 is 0 Å². The topological polar surface area (TPSA) is 70.2 Å². The normalized spacial score (nSPS) is 14.5. The fraction of sp³-hybridized carbons (Fsp3) is 0.357. The Balaban J connectivity index is 1.45. The van der Waals surface area contributed by atoms with Crippen molar-refractivity contribution >= 4 is 33.6 Å². The third-order valence-corrected chi connectivity index (χ3v) is 6.68. The van der Waals surface area contributed by atoms with Gasteiger partial charge in [0.1, 0.15) is 5.65 Å². The Kier molecular flexibility index (Phi) is 6.77. The summed E-state index contributed by atoms with van der Waals surface area (Å²) in [4.78, 5) is 23.0. The number of hydrogen-bond acceptors (Lipinski definition) is 5. The number of anilines is 1. The lowest BCUT2D eigenvalue weighted by Gasteiger charge is -2.26. The van der Waals surface area contributed by atoms with Crippen molar-refractivity contribution in [3.8, 4) is 0 Å². The summed E-state index contributed by atoms with van der Waals surface area (Å²) in [6.45, 7) is 4.50. The predicted molar refractivity (Wildman–Crippen MR) is 138 cm³/mol. The summed E-state index contributed by atoms with van der Waals surface area (Å²) in [6.07, 6.45) is 5.88. The summed E-state index contributed by atoms with van der Waals surface area (Å²) < 4.78 is 4.90. The van der Waals surface area contributed by atoms with Gasteiger partial charge in [-0.2, -0.15) is 0 Å². The van der Waals surface area contributed by atoms with Crippen molar-refractivity contribution < 1.29 is 9.53 Å². The lowest BCUT2D eigenvalue weighted by molar-refractivity contribution is 0.0601. The predicted octanol–water partition coefficient (Wildman–Crippen LogP) is 5.38. The van der Waals surface area contributed by atoms with Gasteiger partial charge < -0.3 is 19.9 Å². The Labute approximate surface area is 200 Å². The van der Waals surface area contributed by atoms with E-state index in [2.05, 4.69) is 45.5 Å². The number of nitrogens with one attached hydrogen (secondary N) is 2. The number of rotatable bonds is 8. The second-order valence-corrected chi connectivity index (χ2v) is 9.11. The van der Waals surface area contributed by atoms with E-state index in [1.165, 1.54) is 45.0 Å². The van der Waals surface area contributed by atoms with Gasteiger partial charge >= 0.3 is 5.97 Å². The second-order valence-electron chi connectivity index (χ2n) is 9.11. The van der Waals surface area contributed by atoms with Crippen molar-refractivity contribution in [2.45, 2.75) is 32.1 Å². The highest BCUT2D eigenvalue weighted by Gasteiger charge is 2.15. The van der Waals surface area contributed by atoms with E-state index in [1.807, 2.05) is 24.3 Å². The molecule has 0 unspecified atom stereocenters. The molecule has 0 saturated carbocycles. The van der Waals surface area contributed by atoms with Crippen molar-refractivity contribution in [1.29, 1.82) is 0 Å². The summed E-state index contributed by atoms with van der Waals surface area (Å²) in [7, 11) is 1.40. The van der Waals surface area contributed by atoms with E-state index in [0.717, 1.165) is 59.2 Å². The van der Waals surface area contributed by atoms with Crippen molar-refractivity contribution in [3.05, 3.63) is 71.4 Å². The molecule has 0 bridgehead atoms. The summed E-state index contributed by atoms with van der Waals surface area (Å²) in [5, 5.41) is 5.83. The Hall–Kier alpha value is -3.38. The molecule has 1 aliphatic rings. The molecule has 2 aromatic heterocycles. The summed E-state index contributed by atoms with van der Waals surface area (Å²) >= 11 is 0. The molecule has 6 heteroatoms. The fourth-order valence-corrected chi connectivity index (χ4v) is 4.94. The molecule has 4 aromatic rings. The number of ether oxygens (including phenoxy) is 1. The highest BCUT2D eigenvalue weighted by atomic mass is 16.5. The third kappa shape index (κ3) is 4.92. The molecule has 176 valence electrons. The molecule has 0 atom stereocenters. The van der Waals surface area contributed by atoms with Crippen molar-refractivity contribution in [1.82, 2.24) is 14.9 Å². The Bertz CT molecular complexity index is 1280. The van der Waals surface area contributed by atoms with Gasteiger partial charge in [0.2, 0.25) is 0 Å². The van der Waals surface area contributed by atoms with Gasteiger partial charge in [-0.25, -0.2) is 9.78 Å². The number of piperidine rings is 1. The summed E-state index contributed by atoms with van der Waals surface area (Å²) in [5.74, 6) is -0.339. The number of aromatic nitrogens is 2. The van der Waals surface area contributed by atoms with E-state index in [9.17, 15) is 4.79 Å². The van der Waals surface area contributed by atoms with E-state index in [1.54, 1.807) is 0 Å². The number of benzene rings is 2. The maximum Gasteiger partial charge on any atom is 0.337 e. The van der Waals surface area contributed by atoms with Crippen LogP contribution in [0.5, 0.6) is 0 Å². The Morgan fingerprint density at radius 3 is 2.71 bits per heavy atom. The van der Waals surface area contributed by atoms with Gasteiger partial charge in [0, 0.05) is 40.6 Å². The molecule has 2 N–H and O–H groups in total. The Morgan fingerprint density at radius 2 is 1.91 bits per heavy atom. The first-order chi connectivity index (χ1) is 16.7. The second kappa shape index (κ2) is 10.3. The number of H-pyrrole nitrogens is 1. The molecule has 34 heavy (non-hydrogen) atoms. The first-order valence-corrected chi connectivity index (χ1v) is 12.2. The van der Waals surface area contributed by atoms with Crippen LogP contribution in [0.4, 0.5) is 5.69 Å². The standard InChI is InChI=1S/C28H32N4O2/c1-34-28(33)21-11-12-23-24(18-21)31-27-26(23)25(29-13-8-16-32-14-6-3-7-15-32)19-22(30-27)17-20-9-4-2-5-10-20/h2,4-5,9-12,18-19H,3,6-8,13-17H2,1H3,(H2,29,30,31). The molecule has 0 amide bonds. The number of methoxy groups -OCH3 is 1. The van der Waals surface area contributed by atoms with Crippen LogP contribution >= 0.6 is 0 Å². The van der Waals surface area contributed by atoms with Crippen molar-refractivity contribution in [2.75, 3.05) is 38.6 Å². The average Bonchev–Trinajstić information content (AvgIpc) is 3.25. The number of fused-ring (bicyclic) bond motifs is 3. The van der Waals surface area contributed by atoms with Gasteiger partial charge in [0.05, 0.1) is 12.7 Å². The minimum Gasteiger partial charge on any atom is -0.465 e. The maximum absolute atomic E-state index is 12.0. The number of carbonyl (C=O) groups is 1. The molecule has 1 saturated heterocycles. The van der Waals surface area contributed by atoms with E-state index in [4.69, 9.17) is 9.72 Å². The van der Waals surface area contributed by atoms with Gasteiger partial charge in [-0.05, 0) is 62.7 Å². The first kappa shape index (κ1) is 22.4. The molecular formula is C28H32N4O2. The number of hydrogen-bond donors (Lipinski definition) is 2. The summed E-state index contributed by atoms with van der Waals surface area (Å²) in [5.41, 5.74) is 5.59. The first-order valence-electron chi connectivity index (χ1n) is 12.2. The van der Waals surface area contributed by atoms with Crippen LogP contribution in [-0.4, -0.2) is 54.1 Å². The monoisotopic (exact) mass is 456 g/mol. The molecule has 1 aliphatic heterocycles. The molecular weight excluding hydrogens is 424 g/mol. The van der Waals surface area contributed by atoms with Crippen LogP contribution in [0, 0.1) is 0 Å². The van der Waals surface area contributed by atoms with Gasteiger partial charge in [0.15, 0.2) is 0 Å². The van der Waals surface area contributed by atoms with Crippen molar-refractivity contribution in [2.24, 2.45) is 0 Å². The molecule has 1 fully saturated rings. The van der Waals surface area contributed by atoms with Crippen LogP contribution in [0.15, 0.2) is 54.6 Å². The van der Waals surface area contributed by atoms with Gasteiger partial charge in [0.25, 0.3) is 0 Å². The molecule has 3 heterocycles. The van der Waals surface area contributed by atoms with E-state index >= 15 is 0 Å². The van der Waals surface area contributed by atoms with Gasteiger partial charge in [-0.3, -0.25) is 0 Å². The lowest BCUT2D eigenvalue weighted by atomic mass is 10.1. The number of nitrogens with zero attached hydrogens (tertiary/aromatic N) is 2. The SMILES string of the molecule is COC(=O)c1ccc2c(c1)[nH]c1nc(Cc3ccccc3)cc(NCCCN3CCCCC3)c12. The minimum atomic E-state index is -0.339. The Morgan fingerprint density at radius 1 is 1.09 bits per heavy atom. The smallest absolute Gasteiger partial charge is 0.337 e. The van der Waals surface area contributed by atoms with Gasteiger partial charge in [-0.15, -0.1) is 0 Å². The minimum absolute atomic E-state index is 0.339. The number of aromatic amines is 1. The highest BCUT2D eigenvalue weighted by molar-refractivity contribution is 6.13. The third-order valence-electron chi connectivity index (χ3n) is 6.68. The number of pyridine rings is 1. The van der Waals surface area contributed by atoms with Crippen LogP contribution in [-0.2, 0) is 11.2 Å². The fourth-order valence-electron chi connectivity index (χ4n) is 4.94. The molecule has 6 nitrogen and oxygen atoms in total. The van der Waals surface area contributed by atoms with E-state index in [0.29, 0.717) is 5.56 Å². The van der Waals surface area contributed by atoms with Crippen LogP contribution in [0.1, 0.15) is 47.3 Å². The number of esters is 1.